The van der Waals surface area contributed by atoms with Crippen LogP contribution in [-0.4, -0.2) is 47.9 Å². The highest BCUT2D eigenvalue weighted by Gasteiger charge is 2.36. The zero-order valence-electron chi connectivity index (χ0n) is 20.8. The predicted molar refractivity (Wildman–Crippen MR) is 130 cm³/mol. The largest absolute Gasteiger partial charge is 0.462 e. The average Bonchev–Trinajstić information content (AvgIpc) is 3.24. The fourth-order valence-electron chi connectivity index (χ4n) is 4.35. The van der Waals surface area contributed by atoms with Gasteiger partial charge in [0.25, 0.3) is 0 Å². The van der Waals surface area contributed by atoms with E-state index >= 15 is 0 Å². The fraction of sp³-hybridized carbons (Fsp3) is 0.593. The van der Waals surface area contributed by atoms with Gasteiger partial charge in [0.05, 0.1) is 12.0 Å². The van der Waals surface area contributed by atoms with Crippen molar-refractivity contribution in [1.29, 1.82) is 0 Å². The van der Waals surface area contributed by atoms with Gasteiger partial charge in [-0.25, -0.2) is 0 Å². The van der Waals surface area contributed by atoms with E-state index in [4.69, 9.17) is 4.74 Å². The lowest BCUT2D eigenvalue weighted by Crippen LogP contribution is -2.49. The normalized spacial score (nSPS) is 18.0. The van der Waals surface area contributed by atoms with Crippen LogP contribution in [-0.2, 0) is 25.5 Å². The van der Waals surface area contributed by atoms with Crippen molar-refractivity contribution in [3.8, 4) is 0 Å². The van der Waals surface area contributed by atoms with E-state index in [1.165, 1.54) is 0 Å². The first kappa shape index (κ1) is 26.6. The van der Waals surface area contributed by atoms with Crippen LogP contribution in [0, 0.1) is 17.8 Å². The molecule has 2 rings (SSSR count). The molecular weight excluding hydrogens is 416 g/mol. The maximum absolute atomic E-state index is 13.6. The van der Waals surface area contributed by atoms with Crippen molar-refractivity contribution in [3.63, 3.8) is 0 Å². The Kier molecular flexibility index (Phi) is 10.6. The topological polar surface area (TPSA) is 75.7 Å². The van der Waals surface area contributed by atoms with E-state index in [-0.39, 0.29) is 30.4 Å². The molecule has 3 atom stereocenters. The second-order valence-corrected chi connectivity index (χ2v) is 9.73. The molecule has 0 bridgehead atoms. The van der Waals surface area contributed by atoms with E-state index in [2.05, 4.69) is 32.2 Å². The van der Waals surface area contributed by atoms with Crippen LogP contribution in [0.25, 0.3) is 0 Å². The first-order chi connectivity index (χ1) is 15.7. The monoisotopic (exact) mass is 456 g/mol. The minimum atomic E-state index is -0.552. The highest BCUT2D eigenvalue weighted by molar-refractivity contribution is 5.91. The number of hydrogen-bond acceptors (Lipinski definition) is 4. The number of benzene rings is 1. The van der Waals surface area contributed by atoms with Gasteiger partial charge >= 0.3 is 5.97 Å². The summed E-state index contributed by atoms with van der Waals surface area (Å²) in [6.07, 6.45) is 6.95. The maximum atomic E-state index is 13.6. The molecule has 1 aliphatic rings. The zero-order chi connectivity index (χ0) is 24.4. The van der Waals surface area contributed by atoms with Crippen LogP contribution in [0.4, 0.5) is 0 Å². The third-order valence-electron chi connectivity index (χ3n) is 5.74. The van der Waals surface area contributed by atoms with Crippen LogP contribution < -0.4 is 5.32 Å². The number of likely N-dealkylation sites (tertiary alicyclic amines) is 1. The smallest absolute Gasteiger partial charge is 0.325 e. The summed E-state index contributed by atoms with van der Waals surface area (Å²) in [4.78, 5) is 39.9. The molecule has 1 heterocycles. The van der Waals surface area contributed by atoms with Crippen molar-refractivity contribution in [2.45, 2.75) is 72.4 Å². The van der Waals surface area contributed by atoms with E-state index in [9.17, 15) is 14.4 Å². The lowest BCUT2D eigenvalue weighted by atomic mass is 9.93. The van der Waals surface area contributed by atoms with E-state index in [1.54, 1.807) is 18.7 Å². The maximum Gasteiger partial charge on any atom is 0.325 e. The summed E-state index contributed by atoms with van der Waals surface area (Å²) >= 11 is 0. The minimum absolute atomic E-state index is 0.0331. The Morgan fingerprint density at radius 2 is 1.79 bits per heavy atom. The number of rotatable bonds is 11. The van der Waals surface area contributed by atoms with Gasteiger partial charge < -0.3 is 15.0 Å². The number of esters is 1. The first-order valence-electron chi connectivity index (χ1n) is 12.2. The molecule has 0 aliphatic carbocycles. The standard InChI is InChI=1S/C27H40N2O4/c1-19(2)16-21(5)13-14-23(17-22-10-7-6-8-11-22)27(32)29-15-9-12-24(29)26(31)28-18-25(30)33-20(3)4/h6-8,10-11,13-14,19-21,23-24H,9,12,15-18H2,1-5H3,(H,28,31)/b14-13+/t21-,23-,24+/m1/s1. The Hall–Kier alpha value is -2.63. The Morgan fingerprint density at radius 1 is 1.09 bits per heavy atom. The number of hydrogen-bond donors (Lipinski definition) is 1. The molecule has 0 spiro atoms. The molecule has 1 aromatic carbocycles. The van der Waals surface area contributed by atoms with Crippen LogP contribution in [0.5, 0.6) is 0 Å². The molecule has 182 valence electrons. The van der Waals surface area contributed by atoms with Crippen LogP contribution in [0.2, 0.25) is 0 Å². The molecule has 0 unspecified atom stereocenters. The highest BCUT2D eigenvalue weighted by atomic mass is 16.5. The Morgan fingerprint density at radius 3 is 2.42 bits per heavy atom. The molecule has 0 saturated carbocycles. The second kappa shape index (κ2) is 13.2. The molecule has 1 aliphatic heterocycles. The van der Waals surface area contributed by atoms with Gasteiger partial charge in [0.15, 0.2) is 0 Å². The summed E-state index contributed by atoms with van der Waals surface area (Å²) in [7, 11) is 0. The molecule has 1 fully saturated rings. The van der Waals surface area contributed by atoms with Crippen LogP contribution in [0.1, 0.15) is 59.4 Å². The van der Waals surface area contributed by atoms with Gasteiger partial charge in [0.1, 0.15) is 12.6 Å². The van der Waals surface area contributed by atoms with E-state index in [0.29, 0.717) is 31.2 Å². The van der Waals surface area contributed by atoms with Gasteiger partial charge in [-0.2, -0.15) is 0 Å². The lowest BCUT2D eigenvalue weighted by molar-refractivity contribution is -0.148. The number of carbonyl (C=O) groups is 3. The van der Waals surface area contributed by atoms with Crippen molar-refractivity contribution in [1.82, 2.24) is 10.2 Å². The molecule has 2 amide bonds. The summed E-state index contributed by atoms with van der Waals surface area (Å²) in [5.41, 5.74) is 1.09. The molecular formula is C27H40N2O4. The highest BCUT2D eigenvalue weighted by Crippen LogP contribution is 2.24. The number of nitrogens with zero attached hydrogens (tertiary/aromatic N) is 1. The fourth-order valence-corrected chi connectivity index (χ4v) is 4.35. The SMILES string of the molecule is CC(C)C[C@H](C)/C=C/[C@H](Cc1ccccc1)C(=O)N1CCC[C@H]1C(=O)NCC(=O)OC(C)C. The molecule has 1 saturated heterocycles. The third-order valence-corrected chi connectivity index (χ3v) is 5.74. The van der Waals surface area contributed by atoms with Crippen molar-refractivity contribution in [2.75, 3.05) is 13.1 Å². The summed E-state index contributed by atoms with van der Waals surface area (Å²) in [5.74, 6) is -0.173. The summed E-state index contributed by atoms with van der Waals surface area (Å²) in [5, 5.41) is 2.65. The van der Waals surface area contributed by atoms with Gasteiger partial charge in [-0.05, 0) is 56.9 Å². The van der Waals surface area contributed by atoms with E-state index in [1.807, 2.05) is 36.4 Å². The zero-order valence-corrected chi connectivity index (χ0v) is 20.8. The van der Waals surface area contributed by atoms with Crippen LogP contribution in [0.15, 0.2) is 42.5 Å². The van der Waals surface area contributed by atoms with Gasteiger partial charge in [0, 0.05) is 6.54 Å². The van der Waals surface area contributed by atoms with Crippen molar-refractivity contribution < 1.29 is 19.1 Å². The third kappa shape index (κ3) is 9.03. The molecule has 0 aromatic heterocycles. The molecule has 6 heteroatoms. The number of allylic oxidation sites excluding steroid dienone is 1. The number of amides is 2. The Bertz CT molecular complexity index is 804. The predicted octanol–water partition coefficient (Wildman–Crippen LogP) is 4.14. The quantitative estimate of drug-likeness (QED) is 0.401. The summed E-state index contributed by atoms with van der Waals surface area (Å²) in [6.45, 7) is 10.5. The number of ether oxygens (including phenoxy) is 1. The molecule has 0 radical (unpaired) electrons. The minimum Gasteiger partial charge on any atom is -0.462 e. The molecule has 33 heavy (non-hydrogen) atoms. The van der Waals surface area contributed by atoms with Crippen molar-refractivity contribution in [3.05, 3.63) is 48.0 Å². The first-order valence-corrected chi connectivity index (χ1v) is 12.2. The molecule has 6 nitrogen and oxygen atoms in total. The van der Waals surface area contributed by atoms with Crippen molar-refractivity contribution in [2.24, 2.45) is 17.8 Å². The second-order valence-electron chi connectivity index (χ2n) is 9.73. The van der Waals surface area contributed by atoms with Crippen LogP contribution in [0.3, 0.4) is 0 Å². The number of nitrogens with one attached hydrogen (secondary N) is 1. The van der Waals surface area contributed by atoms with Gasteiger partial charge in [-0.1, -0.05) is 63.3 Å². The number of carbonyl (C=O) groups excluding carboxylic acids is 3. The van der Waals surface area contributed by atoms with E-state index < -0.39 is 12.0 Å². The molecule has 1 aromatic rings. The van der Waals surface area contributed by atoms with Gasteiger partial charge in [-0.3, -0.25) is 14.4 Å². The van der Waals surface area contributed by atoms with Crippen LogP contribution >= 0.6 is 0 Å². The Balaban J connectivity index is 2.11. The van der Waals surface area contributed by atoms with Gasteiger partial charge in [0.2, 0.25) is 11.8 Å². The van der Waals surface area contributed by atoms with E-state index in [0.717, 1.165) is 18.4 Å². The lowest BCUT2D eigenvalue weighted by Gasteiger charge is -2.27. The van der Waals surface area contributed by atoms with Crippen molar-refractivity contribution >= 4 is 17.8 Å². The average molecular weight is 457 g/mol. The summed E-state index contributed by atoms with van der Waals surface area (Å²) < 4.78 is 5.08. The van der Waals surface area contributed by atoms with Gasteiger partial charge in [-0.15, -0.1) is 0 Å². The Labute approximate surface area is 198 Å². The summed E-state index contributed by atoms with van der Waals surface area (Å²) in [6, 6.07) is 9.42. The molecule has 1 N–H and O–H groups in total.